The summed E-state index contributed by atoms with van der Waals surface area (Å²) in [6, 6.07) is 0.595. The number of amides is 1. The van der Waals surface area contributed by atoms with Crippen LogP contribution in [0.3, 0.4) is 0 Å². The molecule has 0 aromatic carbocycles. The van der Waals surface area contributed by atoms with Crippen LogP contribution in [0.4, 0.5) is 6.01 Å². The molecule has 1 saturated heterocycles. The number of carbonyl (C=O) groups excluding carboxylic acids is 1. The van der Waals surface area contributed by atoms with E-state index in [-0.39, 0.29) is 17.9 Å². The highest BCUT2D eigenvalue weighted by Crippen LogP contribution is 2.23. The summed E-state index contributed by atoms with van der Waals surface area (Å²) in [6.45, 7) is 3.51. The minimum atomic E-state index is 0.0460. The van der Waals surface area contributed by atoms with Crippen LogP contribution in [-0.4, -0.2) is 43.3 Å². The molecule has 19 heavy (non-hydrogen) atoms. The summed E-state index contributed by atoms with van der Waals surface area (Å²) in [4.78, 5) is 13.6. The number of carbonyl (C=O) groups is 1. The second kappa shape index (κ2) is 6.01. The van der Waals surface area contributed by atoms with E-state index in [1.807, 2.05) is 18.9 Å². The quantitative estimate of drug-likeness (QED) is 0.817. The Morgan fingerprint density at radius 2 is 2.05 bits per heavy atom. The summed E-state index contributed by atoms with van der Waals surface area (Å²) >= 11 is 0. The van der Waals surface area contributed by atoms with E-state index in [0.29, 0.717) is 11.9 Å². The zero-order valence-corrected chi connectivity index (χ0v) is 11.6. The molecule has 106 valence electrons. The molecule has 1 atom stereocenters. The topological polar surface area (TPSA) is 83.3 Å². The standard InChI is InChI=1S/C12H21N5O2/c1-8(13-2)11-15-16-12(19-11)17-6-4-9(5-7-17)10(18)14-3/h8-9,13H,4-7H2,1-3H3,(H,14,18). The van der Waals surface area contributed by atoms with Gasteiger partial charge >= 0.3 is 6.01 Å². The van der Waals surface area contributed by atoms with E-state index in [2.05, 4.69) is 20.8 Å². The Hall–Kier alpha value is -1.63. The fourth-order valence-electron chi connectivity index (χ4n) is 2.19. The molecule has 1 aliphatic heterocycles. The average molecular weight is 267 g/mol. The maximum Gasteiger partial charge on any atom is 0.318 e. The summed E-state index contributed by atoms with van der Waals surface area (Å²) in [5, 5.41) is 13.9. The molecule has 1 amide bonds. The molecule has 1 aromatic heterocycles. The van der Waals surface area contributed by atoms with Gasteiger partial charge in [-0.3, -0.25) is 4.79 Å². The second-order valence-electron chi connectivity index (χ2n) is 4.81. The Morgan fingerprint density at radius 1 is 1.37 bits per heavy atom. The highest BCUT2D eigenvalue weighted by atomic mass is 16.4. The fraction of sp³-hybridized carbons (Fsp3) is 0.750. The van der Waals surface area contributed by atoms with Crippen molar-refractivity contribution in [3.63, 3.8) is 0 Å². The summed E-state index contributed by atoms with van der Waals surface area (Å²) in [5.41, 5.74) is 0. The van der Waals surface area contributed by atoms with Crippen molar-refractivity contribution in [2.75, 3.05) is 32.1 Å². The molecule has 7 heteroatoms. The summed E-state index contributed by atoms with van der Waals surface area (Å²) in [6.07, 6.45) is 1.64. The predicted octanol–water partition coefficient (Wildman–Crippen LogP) is 0.312. The van der Waals surface area contributed by atoms with Crippen LogP contribution in [0.1, 0.15) is 31.7 Å². The number of nitrogens with one attached hydrogen (secondary N) is 2. The van der Waals surface area contributed by atoms with E-state index in [1.165, 1.54) is 0 Å². The summed E-state index contributed by atoms with van der Waals surface area (Å²) in [7, 11) is 3.53. The van der Waals surface area contributed by atoms with Crippen LogP contribution in [0.2, 0.25) is 0 Å². The Kier molecular flexibility index (Phi) is 4.36. The van der Waals surface area contributed by atoms with Gasteiger partial charge in [-0.05, 0) is 26.8 Å². The lowest BCUT2D eigenvalue weighted by Gasteiger charge is -2.29. The van der Waals surface area contributed by atoms with Crippen molar-refractivity contribution in [2.45, 2.75) is 25.8 Å². The number of piperidine rings is 1. The fourth-order valence-corrected chi connectivity index (χ4v) is 2.19. The van der Waals surface area contributed by atoms with E-state index in [4.69, 9.17) is 4.42 Å². The molecule has 0 spiro atoms. The third-order valence-electron chi connectivity index (χ3n) is 3.62. The zero-order chi connectivity index (χ0) is 13.8. The molecule has 2 rings (SSSR count). The first-order chi connectivity index (χ1) is 9.15. The number of hydrogen-bond donors (Lipinski definition) is 2. The van der Waals surface area contributed by atoms with E-state index in [1.54, 1.807) is 7.05 Å². The van der Waals surface area contributed by atoms with Crippen molar-refractivity contribution in [3.05, 3.63) is 5.89 Å². The first kappa shape index (κ1) is 13.8. The minimum absolute atomic E-state index is 0.0460. The van der Waals surface area contributed by atoms with E-state index >= 15 is 0 Å². The third-order valence-corrected chi connectivity index (χ3v) is 3.62. The number of rotatable bonds is 4. The average Bonchev–Trinajstić information content (AvgIpc) is 2.95. The van der Waals surface area contributed by atoms with Gasteiger partial charge in [-0.1, -0.05) is 5.10 Å². The van der Waals surface area contributed by atoms with E-state index < -0.39 is 0 Å². The van der Waals surface area contributed by atoms with Gasteiger partial charge in [0.15, 0.2) is 0 Å². The smallest absolute Gasteiger partial charge is 0.318 e. The van der Waals surface area contributed by atoms with Crippen LogP contribution in [0.15, 0.2) is 4.42 Å². The maximum atomic E-state index is 11.6. The van der Waals surface area contributed by atoms with Gasteiger partial charge < -0.3 is 20.0 Å². The van der Waals surface area contributed by atoms with Gasteiger partial charge in [0.2, 0.25) is 11.8 Å². The molecule has 0 bridgehead atoms. The zero-order valence-electron chi connectivity index (χ0n) is 11.6. The Morgan fingerprint density at radius 3 is 2.63 bits per heavy atom. The summed E-state index contributed by atoms with van der Waals surface area (Å²) in [5.74, 6) is 0.806. The van der Waals surface area contributed by atoms with Crippen molar-refractivity contribution in [3.8, 4) is 0 Å². The first-order valence-electron chi connectivity index (χ1n) is 6.63. The molecule has 7 nitrogen and oxygen atoms in total. The maximum absolute atomic E-state index is 11.6. The van der Waals surface area contributed by atoms with Crippen molar-refractivity contribution in [1.82, 2.24) is 20.8 Å². The van der Waals surface area contributed by atoms with Crippen LogP contribution in [-0.2, 0) is 4.79 Å². The third kappa shape index (κ3) is 3.04. The van der Waals surface area contributed by atoms with Gasteiger partial charge in [0.1, 0.15) is 0 Å². The number of nitrogens with zero attached hydrogens (tertiary/aromatic N) is 3. The van der Waals surface area contributed by atoms with E-state index in [9.17, 15) is 4.79 Å². The first-order valence-corrected chi connectivity index (χ1v) is 6.63. The number of anilines is 1. The van der Waals surface area contributed by atoms with Crippen molar-refractivity contribution < 1.29 is 9.21 Å². The summed E-state index contributed by atoms with van der Waals surface area (Å²) < 4.78 is 5.64. The van der Waals surface area contributed by atoms with Crippen molar-refractivity contribution in [1.29, 1.82) is 0 Å². The van der Waals surface area contributed by atoms with Crippen LogP contribution in [0.25, 0.3) is 0 Å². The molecular weight excluding hydrogens is 246 g/mol. The molecule has 1 aromatic rings. The van der Waals surface area contributed by atoms with Crippen LogP contribution >= 0.6 is 0 Å². The Bertz CT molecular complexity index is 426. The normalized spacial score (nSPS) is 18.4. The van der Waals surface area contributed by atoms with Crippen LogP contribution in [0.5, 0.6) is 0 Å². The molecule has 1 unspecified atom stereocenters. The van der Waals surface area contributed by atoms with Crippen molar-refractivity contribution in [2.24, 2.45) is 5.92 Å². The van der Waals surface area contributed by atoms with Crippen LogP contribution in [0, 0.1) is 5.92 Å². The van der Waals surface area contributed by atoms with Crippen LogP contribution < -0.4 is 15.5 Å². The largest absolute Gasteiger partial charge is 0.406 e. The molecular formula is C12H21N5O2. The molecule has 0 saturated carbocycles. The molecule has 2 heterocycles. The highest BCUT2D eigenvalue weighted by molar-refractivity contribution is 5.78. The molecule has 1 aliphatic rings. The lowest BCUT2D eigenvalue weighted by Crippen LogP contribution is -2.39. The van der Waals surface area contributed by atoms with Gasteiger partial charge in [0, 0.05) is 26.1 Å². The van der Waals surface area contributed by atoms with Gasteiger partial charge in [0.25, 0.3) is 0 Å². The number of hydrogen-bond acceptors (Lipinski definition) is 6. The lowest BCUT2D eigenvalue weighted by molar-refractivity contribution is -0.125. The van der Waals surface area contributed by atoms with Gasteiger partial charge in [-0.25, -0.2) is 0 Å². The van der Waals surface area contributed by atoms with Gasteiger partial charge in [0.05, 0.1) is 6.04 Å². The van der Waals surface area contributed by atoms with Gasteiger partial charge in [-0.15, -0.1) is 5.10 Å². The monoisotopic (exact) mass is 267 g/mol. The van der Waals surface area contributed by atoms with Gasteiger partial charge in [-0.2, -0.15) is 0 Å². The lowest BCUT2D eigenvalue weighted by atomic mass is 9.96. The SMILES string of the molecule is CNC(=O)C1CCN(c2nnc(C(C)NC)o2)CC1. The number of aromatic nitrogens is 2. The predicted molar refractivity (Wildman–Crippen MR) is 70.8 cm³/mol. The van der Waals surface area contributed by atoms with E-state index in [0.717, 1.165) is 25.9 Å². The molecule has 0 radical (unpaired) electrons. The Labute approximate surface area is 112 Å². The highest BCUT2D eigenvalue weighted by Gasteiger charge is 2.27. The minimum Gasteiger partial charge on any atom is -0.406 e. The molecule has 2 N–H and O–H groups in total. The second-order valence-corrected chi connectivity index (χ2v) is 4.81. The molecule has 1 fully saturated rings. The van der Waals surface area contributed by atoms with Crippen molar-refractivity contribution >= 4 is 11.9 Å². The Balaban J connectivity index is 1.94. The molecule has 0 aliphatic carbocycles.